The van der Waals surface area contributed by atoms with Crippen LogP contribution in [-0.4, -0.2) is 45.6 Å². The molecule has 3 aromatic rings. The van der Waals surface area contributed by atoms with Gasteiger partial charge >= 0.3 is 6.09 Å². The van der Waals surface area contributed by atoms with Crippen molar-refractivity contribution >= 4 is 35.2 Å². The number of aryl methyl sites for hydroxylation is 3. The molecule has 0 aliphatic heterocycles. The molecule has 0 fully saturated rings. The number of phenols is 1. The molecule has 3 amide bonds. The van der Waals surface area contributed by atoms with Gasteiger partial charge in [-0.15, -0.1) is 0 Å². The number of ether oxygens (including phenoxy) is 1. The summed E-state index contributed by atoms with van der Waals surface area (Å²) in [5.74, 6) is -0.793. The van der Waals surface area contributed by atoms with Gasteiger partial charge < -0.3 is 25.4 Å². The third-order valence-corrected chi connectivity index (χ3v) is 7.73. The number of phenolic OH excluding ortho intramolecular Hbond substituents is 1. The lowest BCUT2D eigenvalue weighted by Gasteiger charge is -2.39. The highest BCUT2D eigenvalue weighted by molar-refractivity contribution is 6.34. The number of carbonyl (C=O) groups excluding carboxylic acids is 3. The third-order valence-electron chi connectivity index (χ3n) is 7.41. The molecule has 3 unspecified atom stereocenters. The molecule has 0 spiro atoms. The molecule has 0 bridgehead atoms. The average Bonchev–Trinajstić information content (AvgIpc) is 2.94. The minimum absolute atomic E-state index is 0.0829. The SMILES string of the molecule is CCC(C)N(C(=O)C(Cc1ccc(O)cc1)NC(=O)OC(C)(C)C)C(C(=O)Nc1c(C)cccc1Cl)c1cc(C)ccc1C. The van der Waals surface area contributed by atoms with Gasteiger partial charge in [-0.1, -0.05) is 66.6 Å². The predicted molar refractivity (Wildman–Crippen MR) is 175 cm³/mol. The van der Waals surface area contributed by atoms with Crippen LogP contribution in [0, 0.1) is 20.8 Å². The molecule has 0 aliphatic rings. The van der Waals surface area contributed by atoms with Crippen LogP contribution in [0.3, 0.4) is 0 Å². The van der Waals surface area contributed by atoms with E-state index in [9.17, 15) is 19.5 Å². The highest BCUT2D eigenvalue weighted by atomic mass is 35.5. The number of para-hydroxylation sites is 1. The van der Waals surface area contributed by atoms with E-state index in [1.165, 1.54) is 12.1 Å². The second-order valence-electron chi connectivity index (χ2n) is 12.3. The number of halogens is 1. The zero-order valence-electron chi connectivity index (χ0n) is 26.8. The lowest BCUT2D eigenvalue weighted by atomic mass is 9.93. The fourth-order valence-corrected chi connectivity index (χ4v) is 5.22. The number of alkyl carbamates (subject to hydrolysis) is 1. The van der Waals surface area contributed by atoms with Crippen molar-refractivity contribution in [1.82, 2.24) is 10.2 Å². The Morgan fingerprint density at radius 3 is 2.23 bits per heavy atom. The van der Waals surface area contributed by atoms with Crippen LogP contribution in [0.4, 0.5) is 10.5 Å². The minimum Gasteiger partial charge on any atom is -0.508 e. The van der Waals surface area contributed by atoms with Crippen LogP contribution in [0.1, 0.15) is 74.9 Å². The summed E-state index contributed by atoms with van der Waals surface area (Å²) >= 11 is 6.50. The van der Waals surface area contributed by atoms with Gasteiger partial charge in [-0.2, -0.15) is 0 Å². The van der Waals surface area contributed by atoms with Gasteiger partial charge in [-0.25, -0.2) is 4.79 Å². The molecule has 8 nitrogen and oxygen atoms in total. The second kappa shape index (κ2) is 14.6. The van der Waals surface area contributed by atoms with Crippen LogP contribution in [-0.2, 0) is 20.7 Å². The molecular formula is C35H44ClN3O5. The summed E-state index contributed by atoms with van der Waals surface area (Å²) in [6.07, 6.45) is -0.0990. The van der Waals surface area contributed by atoms with Crippen LogP contribution in [0.15, 0.2) is 60.7 Å². The van der Waals surface area contributed by atoms with E-state index in [4.69, 9.17) is 16.3 Å². The minimum atomic E-state index is -1.08. The Hall–Kier alpha value is -4.04. The van der Waals surface area contributed by atoms with E-state index in [0.29, 0.717) is 28.3 Å². The van der Waals surface area contributed by atoms with Crippen molar-refractivity contribution in [3.05, 3.63) is 93.5 Å². The summed E-state index contributed by atoms with van der Waals surface area (Å²) in [4.78, 5) is 43.7. The first kappa shape index (κ1) is 34.5. The van der Waals surface area contributed by atoms with Crippen molar-refractivity contribution in [1.29, 1.82) is 0 Å². The monoisotopic (exact) mass is 621 g/mol. The van der Waals surface area contributed by atoms with E-state index in [2.05, 4.69) is 10.6 Å². The number of hydrogen-bond acceptors (Lipinski definition) is 5. The summed E-state index contributed by atoms with van der Waals surface area (Å²) in [5, 5.41) is 16.0. The number of anilines is 1. The molecule has 44 heavy (non-hydrogen) atoms. The molecule has 236 valence electrons. The van der Waals surface area contributed by atoms with Crippen molar-refractivity contribution in [2.45, 2.75) is 92.0 Å². The molecule has 3 rings (SSSR count). The van der Waals surface area contributed by atoms with Crippen LogP contribution in [0.25, 0.3) is 0 Å². The van der Waals surface area contributed by atoms with Crippen molar-refractivity contribution in [2.75, 3.05) is 5.32 Å². The largest absolute Gasteiger partial charge is 0.508 e. The van der Waals surface area contributed by atoms with Crippen LogP contribution >= 0.6 is 11.6 Å². The van der Waals surface area contributed by atoms with Gasteiger partial charge in [0.15, 0.2) is 0 Å². The fraction of sp³-hybridized carbons (Fsp3) is 0.400. The van der Waals surface area contributed by atoms with E-state index in [1.807, 2.05) is 58.9 Å². The van der Waals surface area contributed by atoms with Crippen molar-refractivity contribution in [2.24, 2.45) is 0 Å². The van der Waals surface area contributed by atoms with Crippen LogP contribution in [0.5, 0.6) is 5.75 Å². The Kier molecular flexibility index (Phi) is 11.4. The lowest BCUT2D eigenvalue weighted by molar-refractivity contribution is -0.143. The molecule has 0 heterocycles. The number of nitrogens with one attached hydrogen (secondary N) is 2. The number of carbonyl (C=O) groups is 3. The van der Waals surface area contributed by atoms with E-state index in [-0.39, 0.29) is 12.2 Å². The highest BCUT2D eigenvalue weighted by Crippen LogP contribution is 2.33. The average molecular weight is 622 g/mol. The van der Waals surface area contributed by atoms with Gasteiger partial charge in [-0.05, 0) is 95.3 Å². The number of hydrogen-bond donors (Lipinski definition) is 3. The molecule has 3 N–H and O–H groups in total. The zero-order chi connectivity index (χ0) is 32.8. The molecule has 0 aliphatic carbocycles. The number of nitrogens with zero attached hydrogens (tertiary/aromatic N) is 1. The van der Waals surface area contributed by atoms with Gasteiger partial charge in [-0.3, -0.25) is 9.59 Å². The molecule has 3 atom stereocenters. The highest BCUT2D eigenvalue weighted by Gasteiger charge is 2.39. The van der Waals surface area contributed by atoms with Crippen LogP contribution < -0.4 is 10.6 Å². The summed E-state index contributed by atoms with van der Waals surface area (Å²) in [6, 6.07) is 15.1. The number of rotatable bonds is 10. The number of amides is 3. The maximum Gasteiger partial charge on any atom is 0.408 e. The summed E-state index contributed by atoms with van der Waals surface area (Å²) in [5.41, 5.74) is 3.61. The van der Waals surface area contributed by atoms with Gasteiger partial charge in [0.05, 0.1) is 10.7 Å². The van der Waals surface area contributed by atoms with E-state index < -0.39 is 41.6 Å². The smallest absolute Gasteiger partial charge is 0.408 e. The Morgan fingerprint density at radius 1 is 0.977 bits per heavy atom. The molecule has 0 saturated heterocycles. The molecular weight excluding hydrogens is 578 g/mol. The van der Waals surface area contributed by atoms with Gasteiger partial charge in [0.25, 0.3) is 5.91 Å². The number of benzene rings is 3. The normalized spacial score (nSPS) is 13.4. The van der Waals surface area contributed by atoms with E-state index in [1.54, 1.807) is 49.9 Å². The zero-order valence-corrected chi connectivity index (χ0v) is 27.6. The molecule has 3 aromatic carbocycles. The first-order valence-electron chi connectivity index (χ1n) is 14.8. The van der Waals surface area contributed by atoms with Crippen molar-refractivity contribution in [3.8, 4) is 5.75 Å². The molecule has 0 radical (unpaired) electrons. The van der Waals surface area contributed by atoms with Crippen molar-refractivity contribution in [3.63, 3.8) is 0 Å². The molecule has 0 aromatic heterocycles. The summed E-state index contributed by atoms with van der Waals surface area (Å²) in [6.45, 7) is 14.7. The third kappa shape index (κ3) is 8.99. The standard InChI is InChI=1S/C35H44ClN3O5/c1-9-24(5)39(33(42)29(37-34(43)44-35(6,7)8)20-25-15-17-26(40)18-16-25)31(27-19-21(2)13-14-22(27)3)32(41)38-30-23(4)11-10-12-28(30)36/h10-19,24,29,31,40H,9,20H2,1-8H3,(H,37,43)(H,38,41). The van der Waals surface area contributed by atoms with E-state index in [0.717, 1.165) is 16.7 Å². The maximum atomic E-state index is 14.7. The molecule has 0 saturated carbocycles. The Balaban J connectivity index is 2.16. The lowest BCUT2D eigenvalue weighted by Crippen LogP contribution is -2.55. The van der Waals surface area contributed by atoms with Gasteiger partial charge in [0, 0.05) is 12.5 Å². The first-order chi connectivity index (χ1) is 20.6. The number of aromatic hydroxyl groups is 1. The summed E-state index contributed by atoms with van der Waals surface area (Å²) in [7, 11) is 0. The predicted octanol–water partition coefficient (Wildman–Crippen LogP) is 7.41. The summed E-state index contributed by atoms with van der Waals surface area (Å²) < 4.78 is 5.52. The Bertz CT molecular complexity index is 1460. The van der Waals surface area contributed by atoms with Crippen LogP contribution in [0.2, 0.25) is 5.02 Å². The van der Waals surface area contributed by atoms with Crippen molar-refractivity contribution < 1.29 is 24.2 Å². The Labute approximate surface area is 265 Å². The second-order valence-corrected chi connectivity index (χ2v) is 12.7. The maximum absolute atomic E-state index is 14.7. The van der Waals surface area contributed by atoms with Gasteiger partial charge in [0.2, 0.25) is 5.91 Å². The molecule has 9 heteroatoms. The van der Waals surface area contributed by atoms with E-state index >= 15 is 0 Å². The Morgan fingerprint density at radius 2 is 1.64 bits per heavy atom. The first-order valence-corrected chi connectivity index (χ1v) is 15.2. The topological polar surface area (TPSA) is 108 Å². The quantitative estimate of drug-likeness (QED) is 0.218. The fourth-order valence-electron chi connectivity index (χ4n) is 4.95. The van der Waals surface area contributed by atoms with Gasteiger partial charge in [0.1, 0.15) is 23.4 Å².